The summed E-state index contributed by atoms with van der Waals surface area (Å²) in [7, 11) is 0. The Balaban J connectivity index is 1.34. The third-order valence-corrected chi connectivity index (χ3v) is 7.64. The molecule has 8 aromatic rings. The van der Waals surface area contributed by atoms with Crippen molar-refractivity contribution in [2.24, 2.45) is 0 Å². The minimum Gasteiger partial charge on any atom is -0.244 e. The molecular formula is C36H22N4. The Morgan fingerprint density at radius 1 is 0.425 bits per heavy atom. The van der Waals surface area contributed by atoms with Gasteiger partial charge in [0.05, 0.1) is 11.4 Å². The van der Waals surface area contributed by atoms with Gasteiger partial charge in [-0.05, 0) is 43.9 Å². The van der Waals surface area contributed by atoms with Crippen molar-refractivity contribution in [2.45, 2.75) is 0 Å². The standard InChI is InChI=1S/C36H22N4/c1-2-5-24(6-3-1)32-19-33(40-36(39-32)28-13-9-23(10-14-28)29-20-37-22-38-21-29)30-17-15-27-12-11-25-7-4-8-26-16-18-31(30)35(27)34(25)26/h1-22H. The number of nitrogens with zero attached hydrogens (tertiary/aromatic N) is 4. The van der Waals surface area contributed by atoms with Gasteiger partial charge in [-0.2, -0.15) is 0 Å². The maximum absolute atomic E-state index is 5.15. The van der Waals surface area contributed by atoms with Crippen molar-refractivity contribution < 1.29 is 0 Å². The lowest BCUT2D eigenvalue weighted by Crippen LogP contribution is -1.97. The van der Waals surface area contributed by atoms with E-state index in [4.69, 9.17) is 9.97 Å². The number of rotatable bonds is 4. The quantitative estimate of drug-likeness (QED) is 0.222. The lowest BCUT2D eigenvalue weighted by Gasteiger charge is -2.15. The molecule has 0 aliphatic heterocycles. The van der Waals surface area contributed by atoms with Crippen molar-refractivity contribution in [3.63, 3.8) is 0 Å². The SMILES string of the molecule is c1ccc(-c2cc(-c3ccc4ccc5cccc6ccc3c4c56)nc(-c3ccc(-c4cncnc4)cc3)n2)cc1. The molecule has 0 radical (unpaired) electrons. The number of aromatic nitrogens is 4. The molecule has 0 N–H and O–H groups in total. The Hall–Kier alpha value is -5.48. The molecule has 0 unspecified atom stereocenters. The van der Waals surface area contributed by atoms with E-state index in [1.54, 1.807) is 6.33 Å². The summed E-state index contributed by atoms with van der Waals surface area (Å²) in [6.45, 7) is 0. The van der Waals surface area contributed by atoms with E-state index in [9.17, 15) is 0 Å². The average Bonchev–Trinajstić information content (AvgIpc) is 3.04. The fourth-order valence-corrected chi connectivity index (χ4v) is 5.69. The molecule has 8 rings (SSSR count). The van der Waals surface area contributed by atoms with Crippen LogP contribution in [0.3, 0.4) is 0 Å². The fourth-order valence-electron chi connectivity index (χ4n) is 5.69. The van der Waals surface area contributed by atoms with Crippen molar-refractivity contribution in [2.75, 3.05) is 0 Å². The van der Waals surface area contributed by atoms with Gasteiger partial charge in [0.2, 0.25) is 0 Å². The first-order valence-electron chi connectivity index (χ1n) is 13.3. The van der Waals surface area contributed by atoms with Crippen LogP contribution in [0.2, 0.25) is 0 Å². The molecule has 186 valence electrons. The highest BCUT2D eigenvalue weighted by molar-refractivity contribution is 6.25. The van der Waals surface area contributed by atoms with Gasteiger partial charge in [0.1, 0.15) is 6.33 Å². The smallest absolute Gasteiger partial charge is 0.160 e. The van der Waals surface area contributed by atoms with Gasteiger partial charge in [-0.1, -0.05) is 109 Å². The van der Waals surface area contributed by atoms with Crippen LogP contribution in [0.15, 0.2) is 134 Å². The van der Waals surface area contributed by atoms with E-state index >= 15 is 0 Å². The van der Waals surface area contributed by atoms with Gasteiger partial charge in [-0.15, -0.1) is 0 Å². The summed E-state index contributed by atoms with van der Waals surface area (Å²) < 4.78 is 0. The molecule has 4 heteroatoms. The van der Waals surface area contributed by atoms with Crippen LogP contribution in [0.25, 0.3) is 77.3 Å². The van der Waals surface area contributed by atoms with Crippen molar-refractivity contribution in [3.05, 3.63) is 134 Å². The molecule has 0 spiro atoms. The number of benzene rings is 6. The maximum atomic E-state index is 5.15. The summed E-state index contributed by atoms with van der Waals surface area (Å²) >= 11 is 0. The normalized spacial score (nSPS) is 11.5. The molecule has 0 aliphatic carbocycles. The molecule has 0 aliphatic rings. The Bertz CT molecular complexity index is 2120. The second-order valence-electron chi connectivity index (χ2n) is 10.0. The van der Waals surface area contributed by atoms with Crippen LogP contribution in [0.4, 0.5) is 0 Å². The highest BCUT2D eigenvalue weighted by Crippen LogP contribution is 2.39. The Morgan fingerprint density at radius 3 is 1.85 bits per heavy atom. The summed E-state index contributed by atoms with van der Waals surface area (Å²) in [6, 6.07) is 40.5. The molecule has 0 amide bonds. The van der Waals surface area contributed by atoms with Crippen molar-refractivity contribution >= 4 is 32.3 Å². The van der Waals surface area contributed by atoms with E-state index in [1.807, 2.05) is 30.6 Å². The zero-order valence-corrected chi connectivity index (χ0v) is 21.5. The van der Waals surface area contributed by atoms with Crippen molar-refractivity contribution in [1.29, 1.82) is 0 Å². The van der Waals surface area contributed by atoms with Gasteiger partial charge in [-0.3, -0.25) is 0 Å². The third kappa shape index (κ3) is 3.69. The van der Waals surface area contributed by atoms with Crippen LogP contribution in [-0.2, 0) is 0 Å². The topological polar surface area (TPSA) is 51.6 Å². The minimum absolute atomic E-state index is 0.693. The van der Waals surface area contributed by atoms with E-state index in [-0.39, 0.29) is 0 Å². The van der Waals surface area contributed by atoms with Crippen LogP contribution in [0, 0.1) is 0 Å². The van der Waals surface area contributed by atoms with E-state index in [1.165, 1.54) is 32.3 Å². The lowest BCUT2D eigenvalue weighted by molar-refractivity contribution is 1.17. The van der Waals surface area contributed by atoms with Crippen LogP contribution in [0.1, 0.15) is 0 Å². The predicted molar refractivity (Wildman–Crippen MR) is 163 cm³/mol. The largest absolute Gasteiger partial charge is 0.244 e. The minimum atomic E-state index is 0.693. The Labute approximate surface area is 231 Å². The van der Waals surface area contributed by atoms with Crippen LogP contribution in [-0.4, -0.2) is 19.9 Å². The summed E-state index contributed by atoms with van der Waals surface area (Å²) in [5, 5.41) is 7.53. The van der Waals surface area contributed by atoms with Crippen LogP contribution < -0.4 is 0 Å². The first-order chi connectivity index (χ1) is 19.8. The van der Waals surface area contributed by atoms with Gasteiger partial charge in [0.25, 0.3) is 0 Å². The maximum Gasteiger partial charge on any atom is 0.160 e. The summed E-state index contributed by atoms with van der Waals surface area (Å²) in [5.74, 6) is 0.693. The van der Waals surface area contributed by atoms with E-state index in [2.05, 4.69) is 107 Å². The van der Waals surface area contributed by atoms with Crippen molar-refractivity contribution in [1.82, 2.24) is 19.9 Å². The highest BCUT2D eigenvalue weighted by atomic mass is 14.9. The molecule has 2 heterocycles. The molecule has 2 aromatic heterocycles. The second kappa shape index (κ2) is 9.07. The summed E-state index contributed by atoms with van der Waals surface area (Å²) in [6.07, 6.45) is 5.18. The molecule has 6 aromatic carbocycles. The second-order valence-corrected chi connectivity index (χ2v) is 10.0. The van der Waals surface area contributed by atoms with Gasteiger partial charge < -0.3 is 0 Å². The Morgan fingerprint density at radius 2 is 1.07 bits per heavy atom. The molecule has 40 heavy (non-hydrogen) atoms. The molecule has 0 saturated carbocycles. The molecule has 0 fully saturated rings. The van der Waals surface area contributed by atoms with Crippen LogP contribution >= 0.6 is 0 Å². The molecule has 0 saturated heterocycles. The molecular weight excluding hydrogens is 488 g/mol. The van der Waals surface area contributed by atoms with Gasteiger partial charge in [0, 0.05) is 34.6 Å². The Kier molecular flexibility index (Phi) is 5.10. The first kappa shape index (κ1) is 22.5. The van der Waals surface area contributed by atoms with E-state index < -0.39 is 0 Å². The monoisotopic (exact) mass is 510 g/mol. The van der Waals surface area contributed by atoms with Gasteiger partial charge in [-0.25, -0.2) is 19.9 Å². The first-order valence-corrected chi connectivity index (χ1v) is 13.3. The highest BCUT2D eigenvalue weighted by Gasteiger charge is 2.16. The number of hydrogen-bond acceptors (Lipinski definition) is 4. The van der Waals surface area contributed by atoms with Gasteiger partial charge in [0.15, 0.2) is 5.82 Å². The zero-order chi connectivity index (χ0) is 26.5. The van der Waals surface area contributed by atoms with E-state index in [0.717, 1.165) is 39.2 Å². The summed E-state index contributed by atoms with van der Waals surface area (Å²) in [4.78, 5) is 18.5. The predicted octanol–water partition coefficient (Wildman–Crippen LogP) is 8.83. The van der Waals surface area contributed by atoms with E-state index in [0.29, 0.717) is 5.82 Å². The molecule has 4 nitrogen and oxygen atoms in total. The number of hydrogen-bond donors (Lipinski definition) is 0. The zero-order valence-electron chi connectivity index (χ0n) is 21.5. The van der Waals surface area contributed by atoms with Crippen molar-refractivity contribution in [3.8, 4) is 45.0 Å². The third-order valence-electron chi connectivity index (χ3n) is 7.64. The molecule has 0 bridgehead atoms. The van der Waals surface area contributed by atoms with Gasteiger partial charge >= 0.3 is 0 Å². The molecule has 0 atom stereocenters. The summed E-state index contributed by atoms with van der Waals surface area (Å²) in [5.41, 5.74) is 6.94. The van der Waals surface area contributed by atoms with Crippen LogP contribution in [0.5, 0.6) is 0 Å². The fraction of sp³-hybridized carbons (Fsp3) is 0. The average molecular weight is 511 g/mol. The lowest BCUT2D eigenvalue weighted by atomic mass is 9.91.